The van der Waals surface area contributed by atoms with Gasteiger partial charge in [-0.25, -0.2) is 5.84 Å². The second-order valence-electron chi connectivity index (χ2n) is 3.52. The first-order valence-electron chi connectivity index (χ1n) is 5.58. The van der Waals surface area contributed by atoms with E-state index in [2.05, 4.69) is 4.74 Å². The molecular weight excluding hydrogens is 232 g/mol. The predicted molar refractivity (Wildman–Crippen MR) is 68.0 cm³/mol. The number of nitrogens with zero attached hydrogens (tertiary/aromatic N) is 1. The van der Waals surface area contributed by atoms with Crippen LogP contribution in [-0.2, 0) is 14.3 Å². The zero-order chi connectivity index (χ0) is 13.4. The Kier molecular flexibility index (Phi) is 5.60. The van der Waals surface area contributed by atoms with Crippen molar-refractivity contribution in [3.05, 3.63) is 42.0 Å². The summed E-state index contributed by atoms with van der Waals surface area (Å²) in [5, 5.41) is 0.817. The van der Waals surface area contributed by atoms with Crippen LogP contribution >= 0.6 is 0 Å². The van der Waals surface area contributed by atoms with E-state index in [1.165, 1.54) is 6.08 Å². The minimum absolute atomic E-state index is 0.258. The van der Waals surface area contributed by atoms with Crippen LogP contribution in [0.15, 0.2) is 36.4 Å². The molecule has 2 N–H and O–H groups in total. The van der Waals surface area contributed by atoms with Crippen LogP contribution in [0.25, 0.3) is 6.08 Å². The van der Waals surface area contributed by atoms with Crippen molar-refractivity contribution in [1.29, 1.82) is 0 Å². The smallest absolute Gasteiger partial charge is 0.327 e. The fraction of sp³-hybridized carbons (Fsp3) is 0.231. The van der Waals surface area contributed by atoms with Gasteiger partial charge in [0.1, 0.15) is 6.54 Å². The summed E-state index contributed by atoms with van der Waals surface area (Å²) in [4.78, 5) is 22.7. The van der Waals surface area contributed by atoms with Crippen molar-refractivity contribution in [2.45, 2.75) is 6.92 Å². The molecule has 1 aromatic rings. The van der Waals surface area contributed by atoms with Crippen molar-refractivity contribution in [1.82, 2.24) is 5.01 Å². The van der Waals surface area contributed by atoms with Crippen molar-refractivity contribution in [3.63, 3.8) is 0 Å². The first-order valence-corrected chi connectivity index (χ1v) is 5.58. The zero-order valence-corrected chi connectivity index (χ0v) is 10.2. The van der Waals surface area contributed by atoms with Gasteiger partial charge in [-0.3, -0.25) is 14.6 Å². The number of esters is 1. The standard InChI is InChI=1S/C13H16N2O3/c1-2-18-13(17)10-15(14)12(16)9-8-11-6-4-3-5-7-11/h3-9H,2,10,14H2,1H3/b9-8+. The van der Waals surface area contributed by atoms with E-state index in [1.54, 1.807) is 13.0 Å². The van der Waals surface area contributed by atoms with Crippen LogP contribution in [0, 0.1) is 0 Å². The van der Waals surface area contributed by atoms with Gasteiger partial charge in [0.25, 0.3) is 5.91 Å². The Labute approximate surface area is 106 Å². The molecule has 0 aliphatic carbocycles. The molecule has 0 atom stereocenters. The number of hydrogen-bond donors (Lipinski definition) is 1. The van der Waals surface area contributed by atoms with E-state index in [1.807, 2.05) is 30.3 Å². The maximum Gasteiger partial charge on any atom is 0.327 e. The van der Waals surface area contributed by atoms with Crippen molar-refractivity contribution in [3.8, 4) is 0 Å². The Hall–Kier alpha value is -2.14. The molecule has 0 heterocycles. The van der Waals surface area contributed by atoms with E-state index in [-0.39, 0.29) is 13.2 Å². The molecule has 0 saturated heterocycles. The van der Waals surface area contributed by atoms with Crippen LogP contribution in [0.4, 0.5) is 0 Å². The average molecular weight is 248 g/mol. The van der Waals surface area contributed by atoms with Crippen LogP contribution in [0.3, 0.4) is 0 Å². The normalized spacial score (nSPS) is 10.3. The molecule has 0 aliphatic heterocycles. The Bertz CT molecular complexity index is 429. The van der Waals surface area contributed by atoms with Gasteiger partial charge in [0, 0.05) is 6.08 Å². The maximum atomic E-state index is 11.6. The highest BCUT2D eigenvalue weighted by atomic mass is 16.5. The minimum Gasteiger partial charge on any atom is -0.465 e. The van der Waals surface area contributed by atoms with Crippen LogP contribution < -0.4 is 5.84 Å². The molecule has 96 valence electrons. The maximum absolute atomic E-state index is 11.6. The lowest BCUT2D eigenvalue weighted by Crippen LogP contribution is -2.40. The first kappa shape index (κ1) is 13.9. The van der Waals surface area contributed by atoms with E-state index in [0.29, 0.717) is 0 Å². The lowest BCUT2D eigenvalue weighted by Gasteiger charge is -2.12. The van der Waals surface area contributed by atoms with Crippen LogP contribution in [-0.4, -0.2) is 30.0 Å². The Morgan fingerprint density at radius 3 is 2.61 bits per heavy atom. The fourth-order valence-electron chi connectivity index (χ4n) is 1.25. The number of rotatable bonds is 5. The number of ether oxygens (including phenoxy) is 1. The summed E-state index contributed by atoms with van der Waals surface area (Å²) in [6.07, 6.45) is 2.95. The first-order chi connectivity index (χ1) is 8.63. The van der Waals surface area contributed by atoms with Crippen molar-refractivity contribution >= 4 is 18.0 Å². The molecule has 0 aliphatic rings. The van der Waals surface area contributed by atoms with E-state index in [0.717, 1.165) is 10.6 Å². The van der Waals surface area contributed by atoms with Gasteiger partial charge in [-0.1, -0.05) is 30.3 Å². The Morgan fingerprint density at radius 2 is 2.00 bits per heavy atom. The van der Waals surface area contributed by atoms with Gasteiger partial charge >= 0.3 is 5.97 Å². The number of nitrogens with two attached hydrogens (primary N) is 1. The number of hydrazine groups is 1. The number of benzene rings is 1. The van der Waals surface area contributed by atoms with Crippen molar-refractivity contribution in [2.24, 2.45) is 5.84 Å². The van der Waals surface area contributed by atoms with Crippen molar-refractivity contribution in [2.75, 3.05) is 13.2 Å². The molecule has 1 amide bonds. The molecule has 0 radical (unpaired) electrons. The van der Waals surface area contributed by atoms with Gasteiger partial charge in [-0.05, 0) is 18.6 Å². The monoisotopic (exact) mass is 248 g/mol. The minimum atomic E-state index is -0.526. The molecule has 0 fully saturated rings. The number of amides is 1. The lowest BCUT2D eigenvalue weighted by atomic mass is 10.2. The number of carbonyl (C=O) groups is 2. The van der Waals surface area contributed by atoms with Gasteiger partial charge in [0.2, 0.25) is 0 Å². The van der Waals surface area contributed by atoms with E-state index in [4.69, 9.17) is 5.84 Å². The molecule has 0 spiro atoms. The van der Waals surface area contributed by atoms with E-state index in [9.17, 15) is 9.59 Å². The summed E-state index contributed by atoms with van der Waals surface area (Å²) < 4.78 is 4.69. The van der Waals surface area contributed by atoms with Gasteiger partial charge in [-0.2, -0.15) is 0 Å². The van der Waals surface area contributed by atoms with E-state index >= 15 is 0 Å². The summed E-state index contributed by atoms with van der Waals surface area (Å²) in [5.41, 5.74) is 0.885. The van der Waals surface area contributed by atoms with Gasteiger partial charge in [-0.15, -0.1) is 0 Å². The van der Waals surface area contributed by atoms with Crippen LogP contribution in [0.5, 0.6) is 0 Å². The highest BCUT2D eigenvalue weighted by molar-refractivity contribution is 5.93. The highest BCUT2D eigenvalue weighted by Crippen LogP contribution is 2.01. The highest BCUT2D eigenvalue weighted by Gasteiger charge is 2.11. The van der Waals surface area contributed by atoms with Gasteiger partial charge < -0.3 is 4.74 Å². The third kappa shape index (κ3) is 4.80. The summed E-state index contributed by atoms with van der Waals surface area (Å²) in [7, 11) is 0. The molecule has 5 nitrogen and oxygen atoms in total. The molecule has 0 saturated carbocycles. The second kappa shape index (κ2) is 7.24. The largest absolute Gasteiger partial charge is 0.465 e. The van der Waals surface area contributed by atoms with Crippen molar-refractivity contribution < 1.29 is 14.3 Å². The molecule has 1 aromatic carbocycles. The average Bonchev–Trinajstić information content (AvgIpc) is 2.37. The fourth-order valence-corrected chi connectivity index (χ4v) is 1.25. The third-order valence-electron chi connectivity index (χ3n) is 2.11. The molecular formula is C13H16N2O3. The van der Waals surface area contributed by atoms with E-state index < -0.39 is 11.9 Å². The van der Waals surface area contributed by atoms with Crippen LogP contribution in [0.2, 0.25) is 0 Å². The molecule has 5 heteroatoms. The Morgan fingerprint density at radius 1 is 1.33 bits per heavy atom. The number of carbonyl (C=O) groups excluding carboxylic acids is 2. The van der Waals surface area contributed by atoms with Gasteiger partial charge in [0.05, 0.1) is 6.61 Å². The number of hydrogen-bond acceptors (Lipinski definition) is 4. The zero-order valence-electron chi connectivity index (χ0n) is 10.2. The SMILES string of the molecule is CCOC(=O)CN(N)C(=O)/C=C/c1ccccc1. The van der Waals surface area contributed by atoms with Crippen LogP contribution in [0.1, 0.15) is 12.5 Å². The molecule has 0 unspecified atom stereocenters. The Balaban J connectivity index is 2.50. The van der Waals surface area contributed by atoms with Gasteiger partial charge in [0.15, 0.2) is 0 Å². The second-order valence-corrected chi connectivity index (χ2v) is 3.52. The summed E-state index contributed by atoms with van der Waals surface area (Å²) in [5.74, 6) is 4.47. The summed E-state index contributed by atoms with van der Waals surface area (Å²) in [6.45, 7) is 1.70. The summed E-state index contributed by atoms with van der Waals surface area (Å²) >= 11 is 0. The molecule has 1 rings (SSSR count). The quantitative estimate of drug-likeness (QED) is 0.277. The summed E-state index contributed by atoms with van der Waals surface area (Å²) in [6, 6.07) is 9.33. The molecule has 0 aromatic heterocycles. The molecule has 0 bridgehead atoms. The topological polar surface area (TPSA) is 72.6 Å². The molecule has 18 heavy (non-hydrogen) atoms. The third-order valence-corrected chi connectivity index (χ3v) is 2.11. The predicted octanol–water partition coefficient (Wildman–Crippen LogP) is 0.965. The lowest BCUT2D eigenvalue weighted by molar-refractivity contribution is -0.147.